The molecule has 0 fully saturated rings. The highest BCUT2D eigenvalue weighted by Gasteiger charge is 2.07. The Kier molecular flexibility index (Phi) is 6.54. The van der Waals surface area contributed by atoms with Gasteiger partial charge in [0, 0.05) is 12.1 Å². The molecule has 20 heavy (non-hydrogen) atoms. The number of nitrogens with one attached hydrogen (secondary N) is 1. The van der Waals surface area contributed by atoms with Crippen LogP contribution in [0.25, 0.3) is 0 Å². The van der Waals surface area contributed by atoms with Gasteiger partial charge in [0.2, 0.25) is 0 Å². The molecule has 4 nitrogen and oxygen atoms in total. The highest BCUT2D eigenvalue weighted by Crippen LogP contribution is 2.14. The quantitative estimate of drug-likeness (QED) is 0.833. The number of hydrogen-bond donors (Lipinski definition) is 2. The molecule has 2 N–H and O–H groups in total. The molecule has 5 heteroatoms. The second-order valence-electron chi connectivity index (χ2n) is 4.59. The van der Waals surface area contributed by atoms with Crippen LogP contribution in [0.3, 0.4) is 0 Å². The van der Waals surface area contributed by atoms with E-state index in [-0.39, 0.29) is 24.5 Å². The average Bonchev–Trinajstić information content (AvgIpc) is 2.40. The van der Waals surface area contributed by atoms with Crippen molar-refractivity contribution in [3.05, 3.63) is 29.6 Å². The smallest absolute Gasteiger partial charge is 0.411 e. The summed E-state index contributed by atoms with van der Waals surface area (Å²) in [5, 5.41) is 11.1. The van der Waals surface area contributed by atoms with Gasteiger partial charge >= 0.3 is 6.09 Å². The summed E-state index contributed by atoms with van der Waals surface area (Å²) in [7, 11) is 0. The number of carbonyl (C=O) groups excluding carboxylic acids is 1. The van der Waals surface area contributed by atoms with Gasteiger partial charge in [-0.25, -0.2) is 9.18 Å². The van der Waals surface area contributed by atoms with Crippen LogP contribution in [0, 0.1) is 23.6 Å². The third-order valence-electron chi connectivity index (χ3n) is 2.22. The Morgan fingerprint density at radius 1 is 1.50 bits per heavy atom. The zero-order chi connectivity index (χ0) is 15.0. The maximum Gasteiger partial charge on any atom is 0.411 e. The van der Waals surface area contributed by atoms with E-state index in [4.69, 9.17) is 9.84 Å². The maximum atomic E-state index is 13.5. The lowest BCUT2D eigenvalue weighted by atomic mass is 10.2. The Morgan fingerprint density at radius 2 is 2.25 bits per heavy atom. The Bertz CT molecular complexity index is 518. The molecular weight excluding hydrogens is 261 g/mol. The van der Waals surface area contributed by atoms with Gasteiger partial charge in [0.25, 0.3) is 0 Å². The third kappa shape index (κ3) is 5.72. The van der Waals surface area contributed by atoms with Crippen molar-refractivity contribution in [2.24, 2.45) is 5.92 Å². The van der Waals surface area contributed by atoms with Crippen LogP contribution in [0.5, 0.6) is 0 Å². The summed E-state index contributed by atoms with van der Waals surface area (Å²) in [4.78, 5) is 11.5. The van der Waals surface area contributed by atoms with Gasteiger partial charge in [0.15, 0.2) is 0 Å². The van der Waals surface area contributed by atoms with Gasteiger partial charge in [0.1, 0.15) is 5.82 Å². The molecule has 0 heterocycles. The lowest BCUT2D eigenvalue weighted by Gasteiger charge is -2.09. The summed E-state index contributed by atoms with van der Waals surface area (Å²) in [5.74, 6) is 5.00. The van der Waals surface area contributed by atoms with E-state index >= 15 is 0 Å². The second kappa shape index (κ2) is 8.18. The van der Waals surface area contributed by atoms with Gasteiger partial charge in [-0.05, 0) is 24.1 Å². The molecule has 0 saturated carbocycles. The monoisotopic (exact) mass is 279 g/mol. The summed E-state index contributed by atoms with van der Waals surface area (Å²) in [6, 6.07) is 4.08. The van der Waals surface area contributed by atoms with Crippen molar-refractivity contribution in [3.63, 3.8) is 0 Å². The number of amides is 1. The molecule has 0 spiro atoms. The topological polar surface area (TPSA) is 58.6 Å². The fourth-order valence-electron chi connectivity index (χ4n) is 1.31. The molecule has 0 aromatic heterocycles. The van der Waals surface area contributed by atoms with E-state index in [9.17, 15) is 9.18 Å². The maximum absolute atomic E-state index is 13.5. The van der Waals surface area contributed by atoms with Crippen molar-refractivity contribution >= 4 is 11.8 Å². The molecule has 108 valence electrons. The Balaban J connectivity index is 2.70. The number of benzene rings is 1. The molecule has 1 aromatic rings. The first-order chi connectivity index (χ1) is 9.52. The van der Waals surface area contributed by atoms with Crippen molar-refractivity contribution in [2.45, 2.75) is 20.3 Å². The molecule has 0 unspecified atom stereocenters. The Hall–Kier alpha value is -2.06. The molecule has 1 aromatic carbocycles. The number of carbonyl (C=O) groups is 1. The first kappa shape index (κ1) is 16.0. The molecule has 0 aliphatic rings. The van der Waals surface area contributed by atoms with E-state index in [0.29, 0.717) is 12.3 Å². The minimum atomic E-state index is -0.584. The first-order valence-electron chi connectivity index (χ1n) is 6.36. The summed E-state index contributed by atoms with van der Waals surface area (Å²) in [5.41, 5.74) is 0.577. The van der Waals surface area contributed by atoms with Gasteiger partial charge in [0.05, 0.1) is 18.8 Å². The van der Waals surface area contributed by atoms with E-state index in [2.05, 4.69) is 17.2 Å². The predicted molar refractivity (Wildman–Crippen MR) is 74.8 cm³/mol. The number of halogens is 1. The molecule has 0 aliphatic carbocycles. The Morgan fingerprint density at radius 3 is 2.90 bits per heavy atom. The van der Waals surface area contributed by atoms with E-state index < -0.39 is 11.9 Å². The van der Waals surface area contributed by atoms with E-state index in [0.717, 1.165) is 0 Å². The second-order valence-corrected chi connectivity index (χ2v) is 4.59. The molecule has 0 radical (unpaired) electrons. The summed E-state index contributed by atoms with van der Waals surface area (Å²) >= 11 is 0. The number of rotatable bonds is 4. The number of anilines is 1. The zero-order valence-electron chi connectivity index (χ0n) is 11.6. The standard InChI is InChI=1S/C15H18FNO3/c1-11(2)10-20-15(19)17-13-6-7-14(16)12(9-13)5-3-4-8-18/h6-7,9,11,18H,4,8,10H2,1-2H3,(H,17,19). The SMILES string of the molecule is CC(C)COC(=O)Nc1ccc(F)c(C#CCCO)c1. The van der Waals surface area contributed by atoms with E-state index in [1.165, 1.54) is 18.2 Å². The highest BCUT2D eigenvalue weighted by atomic mass is 19.1. The van der Waals surface area contributed by atoms with Crippen LogP contribution in [0.15, 0.2) is 18.2 Å². The van der Waals surface area contributed by atoms with Crippen molar-refractivity contribution in [1.82, 2.24) is 0 Å². The summed E-state index contributed by atoms with van der Waals surface area (Å²) < 4.78 is 18.4. The third-order valence-corrected chi connectivity index (χ3v) is 2.22. The fraction of sp³-hybridized carbons (Fsp3) is 0.400. The van der Waals surface area contributed by atoms with E-state index in [1.54, 1.807) is 0 Å². The van der Waals surface area contributed by atoms with E-state index in [1.807, 2.05) is 13.8 Å². The lowest BCUT2D eigenvalue weighted by molar-refractivity contribution is 0.147. The van der Waals surface area contributed by atoms with Gasteiger partial charge in [-0.2, -0.15) is 0 Å². The Labute approximate surface area is 117 Å². The molecule has 0 saturated heterocycles. The first-order valence-corrected chi connectivity index (χ1v) is 6.36. The normalized spacial score (nSPS) is 9.85. The zero-order valence-corrected chi connectivity index (χ0v) is 11.6. The van der Waals surface area contributed by atoms with Crippen LogP contribution in [-0.2, 0) is 4.74 Å². The van der Waals surface area contributed by atoms with Gasteiger partial charge in [-0.1, -0.05) is 25.7 Å². The van der Waals surface area contributed by atoms with Crippen LogP contribution in [0.4, 0.5) is 14.9 Å². The van der Waals surface area contributed by atoms with Crippen molar-refractivity contribution in [2.75, 3.05) is 18.5 Å². The van der Waals surface area contributed by atoms with Crippen molar-refractivity contribution in [3.8, 4) is 11.8 Å². The van der Waals surface area contributed by atoms with Crippen LogP contribution < -0.4 is 5.32 Å². The molecule has 0 bridgehead atoms. The van der Waals surface area contributed by atoms with Gasteiger partial charge in [-0.15, -0.1) is 0 Å². The fourth-order valence-corrected chi connectivity index (χ4v) is 1.31. The van der Waals surface area contributed by atoms with Crippen LogP contribution in [0.1, 0.15) is 25.8 Å². The largest absolute Gasteiger partial charge is 0.449 e. The highest BCUT2D eigenvalue weighted by molar-refractivity contribution is 5.84. The van der Waals surface area contributed by atoms with Gasteiger partial charge < -0.3 is 9.84 Å². The predicted octanol–water partition coefficient (Wildman–Crippen LogP) is 2.76. The summed E-state index contributed by atoms with van der Waals surface area (Å²) in [6.07, 6.45) is -0.312. The molecule has 0 aliphatic heterocycles. The van der Waals surface area contributed by atoms with Gasteiger partial charge in [-0.3, -0.25) is 5.32 Å². The van der Waals surface area contributed by atoms with Crippen LogP contribution >= 0.6 is 0 Å². The average molecular weight is 279 g/mol. The molecule has 1 rings (SSSR count). The molecule has 0 atom stereocenters. The minimum absolute atomic E-state index is 0.0753. The number of aliphatic hydroxyl groups is 1. The lowest BCUT2D eigenvalue weighted by Crippen LogP contribution is -2.16. The number of ether oxygens (including phenoxy) is 1. The van der Waals surface area contributed by atoms with Crippen molar-refractivity contribution in [1.29, 1.82) is 0 Å². The number of aliphatic hydroxyl groups excluding tert-OH is 1. The molecular formula is C15H18FNO3. The summed E-state index contributed by atoms with van der Waals surface area (Å²) in [6.45, 7) is 4.10. The van der Waals surface area contributed by atoms with Crippen molar-refractivity contribution < 1.29 is 19.0 Å². The van der Waals surface area contributed by atoms with Crippen LogP contribution in [-0.4, -0.2) is 24.4 Å². The molecule has 1 amide bonds. The number of hydrogen-bond acceptors (Lipinski definition) is 3. The minimum Gasteiger partial charge on any atom is -0.449 e. The van der Waals surface area contributed by atoms with Crippen LogP contribution in [0.2, 0.25) is 0 Å².